The highest BCUT2D eigenvalue weighted by Gasteiger charge is 2.40. The molecule has 0 spiro atoms. The SMILES string of the molecule is CCOC(=O)C1=C(c2ccccc2)OC(N)=C(C#N)C1c1ccc(OC)c(OC)c1OC. The molecule has 0 aliphatic carbocycles. The summed E-state index contributed by atoms with van der Waals surface area (Å²) in [6, 6.07) is 14.5. The van der Waals surface area contributed by atoms with Gasteiger partial charge in [-0.25, -0.2) is 4.79 Å². The molecule has 2 aromatic carbocycles. The van der Waals surface area contributed by atoms with Crippen molar-refractivity contribution < 1.29 is 28.5 Å². The minimum atomic E-state index is -0.919. The maximum atomic E-state index is 13.2. The van der Waals surface area contributed by atoms with Crippen LogP contribution in [0.3, 0.4) is 0 Å². The van der Waals surface area contributed by atoms with Crippen molar-refractivity contribution in [1.82, 2.24) is 0 Å². The van der Waals surface area contributed by atoms with Crippen LogP contribution in [0.15, 0.2) is 59.5 Å². The van der Waals surface area contributed by atoms with E-state index >= 15 is 0 Å². The molecule has 8 heteroatoms. The van der Waals surface area contributed by atoms with Gasteiger partial charge in [-0.3, -0.25) is 0 Å². The van der Waals surface area contributed by atoms with Gasteiger partial charge in [0.15, 0.2) is 11.5 Å². The number of methoxy groups -OCH3 is 3. The van der Waals surface area contributed by atoms with E-state index in [-0.39, 0.29) is 29.4 Å². The number of nitrogens with two attached hydrogens (primary N) is 1. The molecule has 0 saturated carbocycles. The van der Waals surface area contributed by atoms with Crippen LogP contribution in [0.5, 0.6) is 17.2 Å². The van der Waals surface area contributed by atoms with Crippen LogP contribution in [-0.2, 0) is 14.3 Å². The average Bonchev–Trinajstić information content (AvgIpc) is 2.82. The second-order valence-corrected chi connectivity index (χ2v) is 6.68. The number of hydrogen-bond donors (Lipinski definition) is 1. The standard InChI is InChI=1S/C24H24N2O6/c1-5-31-24(27)19-18(15-11-12-17(28-2)22(30-4)21(15)29-3)16(13-25)23(26)32-20(19)14-9-7-6-8-10-14/h6-12,18H,5,26H2,1-4H3. The fraction of sp³-hybridized carbons (Fsp3) is 0.250. The van der Waals surface area contributed by atoms with Crippen LogP contribution in [0.25, 0.3) is 5.76 Å². The number of rotatable bonds is 7. The number of benzene rings is 2. The Morgan fingerprint density at radius 2 is 1.75 bits per heavy atom. The summed E-state index contributed by atoms with van der Waals surface area (Å²) in [5.74, 6) is -0.400. The molecule has 1 atom stereocenters. The van der Waals surface area contributed by atoms with Gasteiger partial charge in [-0.1, -0.05) is 36.4 Å². The molecule has 2 aromatic rings. The second kappa shape index (κ2) is 9.79. The predicted octanol–water partition coefficient (Wildman–Crippen LogP) is 3.49. The van der Waals surface area contributed by atoms with E-state index < -0.39 is 11.9 Å². The average molecular weight is 436 g/mol. The minimum absolute atomic E-state index is 0.0539. The largest absolute Gasteiger partial charge is 0.493 e. The predicted molar refractivity (Wildman–Crippen MR) is 117 cm³/mol. The highest BCUT2D eigenvalue weighted by atomic mass is 16.5. The Morgan fingerprint density at radius 1 is 1.06 bits per heavy atom. The van der Waals surface area contributed by atoms with Gasteiger partial charge in [0.1, 0.15) is 17.4 Å². The van der Waals surface area contributed by atoms with Gasteiger partial charge in [0, 0.05) is 11.1 Å². The molecule has 1 unspecified atom stereocenters. The topological polar surface area (TPSA) is 113 Å². The van der Waals surface area contributed by atoms with Crippen molar-refractivity contribution in [3.63, 3.8) is 0 Å². The highest BCUT2D eigenvalue weighted by Crippen LogP contribution is 2.50. The summed E-state index contributed by atoms with van der Waals surface area (Å²) in [5, 5.41) is 9.93. The third kappa shape index (κ3) is 3.93. The Bertz CT molecular complexity index is 1120. The number of carbonyl (C=O) groups excluding carboxylic acids is 1. The number of allylic oxidation sites excluding steroid dienone is 1. The summed E-state index contributed by atoms with van der Waals surface area (Å²) >= 11 is 0. The van der Waals surface area contributed by atoms with Gasteiger partial charge in [0.2, 0.25) is 11.6 Å². The zero-order valence-corrected chi connectivity index (χ0v) is 18.3. The lowest BCUT2D eigenvalue weighted by Gasteiger charge is -2.29. The van der Waals surface area contributed by atoms with E-state index in [4.69, 9.17) is 29.4 Å². The van der Waals surface area contributed by atoms with Gasteiger partial charge in [-0.2, -0.15) is 5.26 Å². The Hall–Kier alpha value is -4.12. The van der Waals surface area contributed by atoms with Gasteiger partial charge in [-0.05, 0) is 13.0 Å². The molecule has 1 aliphatic rings. The van der Waals surface area contributed by atoms with E-state index in [0.29, 0.717) is 28.4 Å². The molecule has 0 amide bonds. The van der Waals surface area contributed by atoms with Crippen LogP contribution < -0.4 is 19.9 Å². The molecule has 0 radical (unpaired) electrons. The number of ether oxygens (including phenoxy) is 5. The first-order chi connectivity index (χ1) is 15.5. The fourth-order valence-corrected chi connectivity index (χ4v) is 3.64. The number of carbonyl (C=O) groups is 1. The van der Waals surface area contributed by atoms with Crippen molar-refractivity contribution in [2.75, 3.05) is 27.9 Å². The Balaban J connectivity index is 2.38. The normalized spacial score (nSPS) is 15.5. The van der Waals surface area contributed by atoms with Crippen molar-refractivity contribution in [3.8, 4) is 23.3 Å². The molecule has 166 valence electrons. The summed E-state index contributed by atoms with van der Waals surface area (Å²) in [4.78, 5) is 13.2. The number of esters is 1. The van der Waals surface area contributed by atoms with Crippen molar-refractivity contribution in [3.05, 3.63) is 70.6 Å². The number of hydrogen-bond acceptors (Lipinski definition) is 8. The van der Waals surface area contributed by atoms with E-state index in [0.717, 1.165) is 0 Å². The van der Waals surface area contributed by atoms with Gasteiger partial charge < -0.3 is 29.4 Å². The molecule has 32 heavy (non-hydrogen) atoms. The van der Waals surface area contributed by atoms with Gasteiger partial charge >= 0.3 is 5.97 Å². The van der Waals surface area contributed by atoms with Crippen LogP contribution in [0.4, 0.5) is 0 Å². The summed E-state index contributed by atoms with van der Waals surface area (Å²) in [5.41, 5.74) is 7.43. The number of nitrogens with zero attached hydrogens (tertiary/aromatic N) is 1. The molecular weight excluding hydrogens is 412 g/mol. The Labute approximate surface area is 186 Å². The van der Waals surface area contributed by atoms with Crippen molar-refractivity contribution in [1.29, 1.82) is 5.26 Å². The molecule has 1 aliphatic heterocycles. The van der Waals surface area contributed by atoms with Gasteiger partial charge in [0.25, 0.3) is 0 Å². The summed E-state index contributed by atoms with van der Waals surface area (Å²) in [6.07, 6.45) is 0. The molecule has 0 bridgehead atoms. The Kier molecular flexibility index (Phi) is 6.90. The second-order valence-electron chi connectivity index (χ2n) is 6.68. The van der Waals surface area contributed by atoms with Crippen molar-refractivity contribution in [2.24, 2.45) is 5.73 Å². The van der Waals surface area contributed by atoms with Crippen LogP contribution in [-0.4, -0.2) is 33.9 Å². The van der Waals surface area contributed by atoms with Crippen LogP contribution >= 0.6 is 0 Å². The highest BCUT2D eigenvalue weighted by molar-refractivity contribution is 6.00. The van der Waals surface area contributed by atoms with Crippen LogP contribution in [0, 0.1) is 11.3 Å². The molecule has 2 N–H and O–H groups in total. The zero-order valence-electron chi connectivity index (χ0n) is 18.3. The van der Waals surface area contributed by atoms with Gasteiger partial charge in [-0.15, -0.1) is 0 Å². The maximum absolute atomic E-state index is 13.2. The molecule has 1 heterocycles. The summed E-state index contributed by atoms with van der Waals surface area (Å²) in [6.45, 7) is 1.84. The van der Waals surface area contributed by atoms with E-state index in [2.05, 4.69) is 6.07 Å². The number of nitriles is 1. The van der Waals surface area contributed by atoms with E-state index in [1.54, 1.807) is 43.3 Å². The lowest BCUT2D eigenvalue weighted by Crippen LogP contribution is -2.26. The van der Waals surface area contributed by atoms with Crippen LogP contribution in [0.2, 0.25) is 0 Å². The maximum Gasteiger partial charge on any atom is 0.338 e. The zero-order chi connectivity index (χ0) is 23.3. The van der Waals surface area contributed by atoms with E-state index in [1.165, 1.54) is 21.3 Å². The molecule has 0 aromatic heterocycles. The fourth-order valence-electron chi connectivity index (χ4n) is 3.64. The molecular formula is C24H24N2O6. The first-order valence-electron chi connectivity index (χ1n) is 9.85. The third-order valence-electron chi connectivity index (χ3n) is 5.00. The smallest absolute Gasteiger partial charge is 0.338 e. The summed E-state index contributed by atoms with van der Waals surface area (Å²) in [7, 11) is 4.44. The third-order valence-corrected chi connectivity index (χ3v) is 5.00. The first kappa shape index (κ1) is 22.6. The minimum Gasteiger partial charge on any atom is -0.493 e. The molecule has 3 rings (SSSR count). The molecule has 8 nitrogen and oxygen atoms in total. The van der Waals surface area contributed by atoms with Gasteiger partial charge in [0.05, 0.1) is 39.4 Å². The molecule has 0 saturated heterocycles. The molecule has 0 fully saturated rings. The van der Waals surface area contributed by atoms with Crippen molar-refractivity contribution in [2.45, 2.75) is 12.8 Å². The lowest BCUT2D eigenvalue weighted by atomic mass is 9.81. The summed E-state index contributed by atoms with van der Waals surface area (Å²) < 4.78 is 27.6. The quantitative estimate of drug-likeness (QED) is 0.656. The van der Waals surface area contributed by atoms with E-state index in [1.807, 2.05) is 6.07 Å². The lowest BCUT2D eigenvalue weighted by molar-refractivity contribution is -0.138. The first-order valence-corrected chi connectivity index (χ1v) is 9.85. The van der Waals surface area contributed by atoms with Crippen LogP contribution in [0.1, 0.15) is 24.0 Å². The van der Waals surface area contributed by atoms with Crippen molar-refractivity contribution >= 4 is 11.7 Å². The monoisotopic (exact) mass is 436 g/mol. The van der Waals surface area contributed by atoms with E-state index in [9.17, 15) is 10.1 Å². The Morgan fingerprint density at radius 3 is 2.31 bits per heavy atom.